The van der Waals surface area contributed by atoms with Gasteiger partial charge in [-0.1, -0.05) is 48.5 Å². The van der Waals surface area contributed by atoms with E-state index in [4.69, 9.17) is 19.4 Å². The maximum absolute atomic E-state index is 12.7. The summed E-state index contributed by atoms with van der Waals surface area (Å²) in [6.07, 6.45) is -2.35. The Kier molecular flexibility index (Phi) is 5.68. The molecule has 0 radical (unpaired) electrons. The van der Waals surface area contributed by atoms with Crippen LogP contribution in [0, 0.1) is 0 Å². The number of Topliss-reactive ketones (excluding diaryl/α,β-unsaturated/α-hetero) is 1. The fourth-order valence-electron chi connectivity index (χ4n) is 2.72. The molecule has 0 saturated carbocycles. The van der Waals surface area contributed by atoms with Crippen molar-refractivity contribution in [2.75, 3.05) is 7.11 Å². The van der Waals surface area contributed by atoms with Gasteiger partial charge in [-0.15, -0.1) is 0 Å². The maximum atomic E-state index is 12.7. The van der Waals surface area contributed by atoms with Crippen LogP contribution in [0.1, 0.15) is 29.1 Å². The van der Waals surface area contributed by atoms with Crippen LogP contribution in [0.5, 0.6) is 0 Å². The van der Waals surface area contributed by atoms with Crippen molar-refractivity contribution in [2.45, 2.75) is 18.1 Å². The highest BCUT2D eigenvalue weighted by molar-refractivity contribution is 7.86. The molecule has 0 amide bonds. The molecule has 1 aliphatic heterocycles. The summed E-state index contributed by atoms with van der Waals surface area (Å²) in [6, 6.07) is 14.7. The minimum atomic E-state index is -4.11. The molecule has 3 N–H and O–H groups in total. The molecule has 0 aromatic heterocycles. The van der Waals surface area contributed by atoms with Gasteiger partial charge in [0.25, 0.3) is 0 Å². The second-order valence-corrected chi connectivity index (χ2v) is 7.66. The number of benzene rings is 2. The highest BCUT2D eigenvalue weighted by Crippen LogP contribution is 2.33. The van der Waals surface area contributed by atoms with E-state index in [1.54, 1.807) is 48.5 Å². The van der Waals surface area contributed by atoms with E-state index in [0.717, 1.165) is 0 Å². The Bertz CT molecular complexity index is 1000. The second kappa shape index (κ2) is 8.01. The first-order valence-electron chi connectivity index (χ1n) is 8.28. The summed E-state index contributed by atoms with van der Waals surface area (Å²) < 4.78 is 39.7. The van der Waals surface area contributed by atoms with E-state index in [1.165, 1.54) is 13.2 Å². The minimum Gasteiger partial charge on any atom is -0.460 e. The number of ketones is 1. The number of hydrogen-bond acceptors (Lipinski definition) is 8. The molecule has 1 heterocycles. The lowest BCUT2D eigenvalue weighted by Gasteiger charge is -2.14. The first kappa shape index (κ1) is 19.9. The Balaban J connectivity index is 1.78. The molecule has 0 bridgehead atoms. The molecule has 2 aromatic carbocycles. The number of nitrogens with two attached hydrogens (primary N) is 1. The Morgan fingerprint density at radius 2 is 1.89 bits per heavy atom. The molecule has 2 aromatic rings. The van der Waals surface area contributed by atoms with E-state index in [2.05, 4.69) is 0 Å². The van der Waals surface area contributed by atoms with Gasteiger partial charge in [-0.05, 0) is 11.6 Å². The molecular formula is C19H19NO7S. The third kappa shape index (κ3) is 4.33. The average molecular weight is 405 g/mol. The zero-order valence-corrected chi connectivity index (χ0v) is 15.8. The van der Waals surface area contributed by atoms with Gasteiger partial charge in [0.15, 0.2) is 12.4 Å². The third-order valence-electron chi connectivity index (χ3n) is 4.05. The van der Waals surface area contributed by atoms with Crippen LogP contribution in [0.2, 0.25) is 0 Å². The van der Waals surface area contributed by atoms with Gasteiger partial charge >= 0.3 is 10.1 Å². The van der Waals surface area contributed by atoms with E-state index in [1.807, 2.05) is 0 Å². The van der Waals surface area contributed by atoms with Crippen molar-refractivity contribution in [3.05, 3.63) is 82.9 Å². The van der Waals surface area contributed by atoms with Crippen LogP contribution in [-0.2, 0) is 34.3 Å². The number of aliphatic hydroxyl groups excluding tert-OH is 1. The van der Waals surface area contributed by atoms with Crippen molar-refractivity contribution in [1.29, 1.82) is 0 Å². The molecular weight excluding hydrogens is 386 g/mol. The third-order valence-corrected chi connectivity index (χ3v) is 5.16. The van der Waals surface area contributed by atoms with E-state index in [0.29, 0.717) is 16.7 Å². The average Bonchev–Trinajstić information content (AvgIpc) is 2.95. The minimum absolute atomic E-state index is 0.376. The number of carbonyl (C=O) groups is 1. The van der Waals surface area contributed by atoms with E-state index in [9.17, 15) is 18.3 Å². The Morgan fingerprint density at radius 1 is 1.18 bits per heavy atom. The van der Waals surface area contributed by atoms with Crippen LogP contribution >= 0.6 is 0 Å². The Morgan fingerprint density at radius 3 is 2.57 bits per heavy atom. The molecule has 2 unspecified atom stereocenters. The number of methoxy groups -OCH3 is 1. The lowest BCUT2D eigenvalue weighted by Crippen LogP contribution is -2.16. The van der Waals surface area contributed by atoms with Crippen LogP contribution in [0.3, 0.4) is 0 Å². The van der Waals surface area contributed by atoms with Gasteiger partial charge in [0.2, 0.25) is 17.4 Å². The highest BCUT2D eigenvalue weighted by Gasteiger charge is 2.39. The summed E-state index contributed by atoms with van der Waals surface area (Å²) in [4.78, 5) is 12.7. The van der Waals surface area contributed by atoms with Crippen molar-refractivity contribution in [1.82, 2.24) is 0 Å². The quantitative estimate of drug-likeness (QED) is 0.526. The fourth-order valence-corrected chi connectivity index (χ4v) is 3.80. The summed E-state index contributed by atoms with van der Waals surface area (Å²) >= 11 is 0. The first-order valence-corrected chi connectivity index (χ1v) is 9.86. The molecule has 0 saturated heterocycles. The summed E-state index contributed by atoms with van der Waals surface area (Å²) in [5.74, 6) is -2.11. The lowest BCUT2D eigenvalue weighted by molar-refractivity contribution is -0.123. The summed E-state index contributed by atoms with van der Waals surface area (Å²) in [6.45, 7) is 0. The van der Waals surface area contributed by atoms with E-state index in [-0.39, 0.29) is 0 Å². The molecule has 9 heteroatoms. The second-order valence-electron chi connectivity index (χ2n) is 6.08. The normalized spacial score (nSPS) is 18.1. The summed E-state index contributed by atoms with van der Waals surface area (Å²) in [7, 11) is -2.78. The van der Waals surface area contributed by atoms with Gasteiger partial charge in [0.1, 0.15) is 5.75 Å². The monoisotopic (exact) mass is 405 g/mol. The fraction of sp³-hybridized carbons (Fsp3) is 0.211. The number of rotatable bonds is 7. The smallest absolute Gasteiger partial charge is 0.313 e. The van der Waals surface area contributed by atoms with Gasteiger partial charge in [0.05, 0.1) is 0 Å². The standard InChI is InChI=1S/C19H19NO7S/c1-25-19(22)14-9-5-8-13(10-14)16-15(21)17(18(20)26-16)27-28(23,24)11-12-6-3-2-4-7-12/h2-10,16,19,22H,11,20H2,1H3. The lowest BCUT2D eigenvalue weighted by atomic mass is 10.0. The number of aliphatic hydroxyl groups is 1. The molecule has 2 atom stereocenters. The predicted molar refractivity (Wildman–Crippen MR) is 98.6 cm³/mol. The molecule has 148 valence electrons. The Labute approximate surface area is 162 Å². The van der Waals surface area contributed by atoms with Gasteiger partial charge in [-0.2, -0.15) is 8.42 Å². The first-order chi connectivity index (χ1) is 13.3. The van der Waals surface area contributed by atoms with E-state index >= 15 is 0 Å². The van der Waals surface area contributed by atoms with Crippen molar-refractivity contribution in [3.8, 4) is 0 Å². The SMILES string of the molecule is COC(O)c1cccc(C2OC(N)=C(OS(=O)(=O)Cc3ccccc3)C2=O)c1. The molecule has 0 fully saturated rings. The number of ether oxygens (including phenoxy) is 2. The van der Waals surface area contributed by atoms with E-state index < -0.39 is 45.7 Å². The van der Waals surface area contributed by atoms with Crippen LogP contribution < -0.4 is 5.73 Å². The topological polar surface area (TPSA) is 125 Å². The molecule has 0 spiro atoms. The maximum Gasteiger partial charge on any atom is 0.313 e. The Hall–Kier alpha value is -2.88. The van der Waals surface area contributed by atoms with Crippen molar-refractivity contribution >= 4 is 15.9 Å². The van der Waals surface area contributed by atoms with Gasteiger partial charge in [0, 0.05) is 18.2 Å². The number of carbonyl (C=O) groups excluding carboxylic acids is 1. The summed E-state index contributed by atoms with van der Waals surface area (Å²) in [5.41, 5.74) is 6.98. The molecule has 3 rings (SSSR count). The van der Waals surface area contributed by atoms with Crippen LogP contribution in [0.25, 0.3) is 0 Å². The van der Waals surface area contributed by atoms with Gasteiger partial charge < -0.3 is 24.5 Å². The molecule has 8 nitrogen and oxygen atoms in total. The predicted octanol–water partition coefficient (Wildman–Crippen LogP) is 1.64. The van der Waals surface area contributed by atoms with Crippen molar-refractivity contribution in [3.63, 3.8) is 0 Å². The summed E-state index contributed by atoms with van der Waals surface area (Å²) in [5, 5.41) is 9.77. The van der Waals surface area contributed by atoms with Gasteiger partial charge in [-0.3, -0.25) is 4.79 Å². The van der Waals surface area contributed by atoms with Crippen molar-refractivity contribution < 1.29 is 32.0 Å². The van der Waals surface area contributed by atoms with Gasteiger partial charge in [-0.25, -0.2) is 0 Å². The van der Waals surface area contributed by atoms with Crippen LogP contribution in [0.4, 0.5) is 0 Å². The largest absolute Gasteiger partial charge is 0.460 e. The van der Waals surface area contributed by atoms with Crippen LogP contribution in [0.15, 0.2) is 66.2 Å². The van der Waals surface area contributed by atoms with Crippen molar-refractivity contribution in [2.24, 2.45) is 5.73 Å². The highest BCUT2D eigenvalue weighted by atomic mass is 32.2. The molecule has 1 aliphatic rings. The zero-order valence-electron chi connectivity index (χ0n) is 14.9. The van der Waals surface area contributed by atoms with Crippen LogP contribution in [-0.4, -0.2) is 26.4 Å². The molecule has 0 aliphatic carbocycles. The zero-order chi connectivity index (χ0) is 20.3. The number of hydrogen-bond donors (Lipinski definition) is 2. The molecule has 28 heavy (non-hydrogen) atoms.